The zero-order chi connectivity index (χ0) is 13.8. The zero-order valence-corrected chi connectivity index (χ0v) is 11.7. The maximum absolute atomic E-state index is 12.2. The molecule has 0 bridgehead atoms. The minimum Gasteiger partial charge on any atom is -0.469 e. The molecule has 2 rings (SSSR count). The lowest BCUT2D eigenvalue weighted by atomic mass is 10.1. The van der Waals surface area contributed by atoms with Gasteiger partial charge in [0.2, 0.25) is 5.91 Å². The van der Waals surface area contributed by atoms with E-state index in [2.05, 4.69) is 0 Å². The van der Waals surface area contributed by atoms with Crippen molar-refractivity contribution in [1.82, 2.24) is 4.90 Å². The largest absolute Gasteiger partial charge is 0.469 e. The van der Waals surface area contributed by atoms with Gasteiger partial charge >= 0.3 is 0 Å². The van der Waals surface area contributed by atoms with Crippen LogP contribution < -0.4 is 0 Å². The van der Waals surface area contributed by atoms with Crippen LogP contribution in [0.3, 0.4) is 0 Å². The molecular formula is C15H16ClNO2. The van der Waals surface area contributed by atoms with Gasteiger partial charge in [-0.3, -0.25) is 4.79 Å². The van der Waals surface area contributed by atoms with Gasteiger partial charge in [-0.05, 0) is 18.6 Å². The first-order valence-electron chi connectivity index (χ1n) is 6.06. The zero-order valence-electron chi connectivity index (χ0n) is 11.0. The van der Waals surface area contributed by atoms with Crippen LogP contribution >= 0.6 is 11.6 Å². The average molecular weight is 278 g/mol. The normalized spacial score (nSPS) is 12.2. The number of carbonyl (C=O) groups excluding carboxylic acids is 1. The standard InChI is InChI=1S/C15H16ClNO2/c1-11-13(8-9-19-11)10-17(2)15(18)14(16)12-6-4-3-5-7-12/h3-9,14H,10H2,1-2H3. The van der Waals surface area contributed by atoms with Crippen LogP contribution in [0.2, 0.25) is 0 Å². The van der Waals surface area contributed by atoms with Crippen molar-refractivity contribution in [1.29, 1.82) is 0 Å². The fourth-order valence-corrected chi connectivity index (χ4v) is 2.18. The SMILES string of the molecule is Cc1occc1CN(C)C(=O)C(Cl)c1ccccc1. The highest BCUT2D eigenvalue weighted by Gasteiger charge is 2.21. The van der Waals surface area contributed by atoms with E-state index in [1.165, 1.54) is 0 Å². The van der Waals surface area contributed by atoms with Crippen molar-refractivity contribution in [2.75, 3.05) is 7.05 Å². The Bertz CT molecular complexity index is 550. The first-order valence-corrected chi connectivity index (χ1v) is 6.50. The predicted molar refractivity (Wildman–Crippen MR) is 75.0 cm³/mol. The molecule has 1 aromatic carbocycles. The summed E-state index contributed by atoms with van der Waals surface area (Å²) in [5.74, 6) is 0.707. The second kappa shape index (κ2) is 5.93. The number of hydrogen-bond acceptors (Lipinski definition) is 2. The van der Waals surface area contributed by atoms with Gasteiger partial charge in [0.1, 0.15) is 11.1 Å². The van der Waals surface area contributed by atoms with Crippen molar-refractivity contribution in [2.45, 2.75) is 18.8 Å². The Hall–Kier alpha value is -1.74. The fourth-order valence-electron chi connectivity index (χ4n) is 1.87. The Labute approximate surface area is 117 Å². The molecule has 1 amide bonds. The van der Waals surface area contributed by atoms with Crippen molar-refractivity contribution in [3.8, 4) is 0 Å². The molecule has 0 aliphatic carbocycles. The van der Waals surface area contributed by atoms with E-state index in [0.717, 1.165) is 16.9 Å². The van der Waals surface area contributed by atoms with Crippen LogP contribution in [0.1, 0.15) is 22.3 Å². The topological polar surface area (TPSA) is 33.5 Å². The number of furan rings is 1. The Morgan fingerprint density at radius 3 is 2.58 bits per heavy atom. The molecule has 19 heavy (non-hydrogen) atoms. The number of hydrogen-bond donors (Lipinski definition) is 0. The Kier molecular flexibility index (Phi) is 4.27. The number of likely N-dealkylation sites (N-methyl/N-ethyl adjacent to an activating group) is 1. The summed E-state index contributed by atoms with van der Waals surface area (Å²) in [7, 11) is 1.74. The van der Waals surface area contributed by atoms with Crippen molar-refractivity contribution in [3.05, 3.63) is 59.5 Å². The van der Waals surface area contributed by atoms with E-state index < -0.39 is 5.38 Å². The van der Waals surface area contributed by atoms with Crippen molar-refractivity contribution in [2.24, 2.45) is 0 Å². The number of alkyl halides is 1. The smallest absolute Gasteiger partial charge is 0.245 e. The Morgan fingerprint density at radius 2 is 2.00 bits per heavy atom. The van der Waals surface area contributed by atoms with E-state index in [-0.39, 0.29) is 5.91 Å². The van der Waals surface area contributed by atoms with E-state index in [1.54, 1.807) is 18.2 Å². The second-order valence-corrected chi connectivity index (χ2v) is 4.91. The van der Waals surface area contributed by atoms with E-state index in [9.17, 15) is 4.79 Å². The van der Waals surface area contributed by atoms with Gasteiger partial charge in [0, 0.05) is 19.2 Å². The van der Waals surface area contributed by atoms with E-state index in [1.807, 2.05) is 43.3 Å². The third kappa shape index (κ3) is 3.18. The fraction of sp³-hybridized carbons (Fsp3) is 0.267. The summed E-state index contributed by atoms with van der Waals surface area (Å²) in [5, 5.41) is -0.654. The summed E-state index contributed by atoms with van der Waals surface area (Å²) in [4.78, 5) is 13.9. The second-order valence-electron chi connectivity index (χ2n) is 4.47. The Morgan fingerprint density at radius 1 is 1.32 bits per heavy atom. The molecule has 0 N–H and O–H groups in total. The molecule has 0 aliphatic rings. The van der Waals surface area contributed by atoms with Gasteiger partial charge in [-0.15, -0.1) is 11.6 Å². The summed E-state index contributed by atoms with van der Waals surface area (Å²) in [6.45, 7) is 2.38. The molecule has 100 valence electrons. The predicted octanol–water partition coefficient (Wildman–Crippen LogP) is 3.53. The monoisotopic (exact) mass is 277 g/mol. The summed E-state index contributed by atoms with van der Waals surface area (Å²) in [6.07, 6.45) is 1.62. The molecule has 2 aromatic rings. The van der Waals surface area contributed by atoms with Crippen LogP contribution in [-0.4, -0.2) is 17.9 Å². The quantitative estimate of drug-likeness (QED) is 0.801. The molecule has 4 heteroatoms. The van der Waals surface area contributed by atoms with Gasteiger partial charge in [0.25, 0.3) is 0 Å². The lowest BCUT2D eigenvalue weighted by Gasteiger charge is -2.20. The van der Waals surface area contributed by atoms with Crippen LogP contribution in [0.25, 0.3) is 0 Å². The highest BCUT2D eigenvalue weighted by atomic mass is 35.5. The van der Waals surface area contributed by atoms with Gasteiger partial charge in [0.05, 0.1) is 6.26 Å². The maximum atomic E-state index is 12.2. The van der Waals surface area contributed by atoms with Gasteiger partial charge in [-0.25, -0.2) is 0 Å². The van der Waals surface area contributed by atoms with Crippen molar-refractivity contribution < 1.29 is 9.21 Å². The summed E-state index contributed by atoms with van der Waals surface area (Å²) in [5.41, 5.74) is 1.80. The number of halogens is 1. The minimum absolute atomic E-state index is 0.117. The maximum Gasteiger partial charge on any atom is 0.245 e. The number of amides is 1. The van der Waals surface area contributed by atoms with Gasteiger partial charge in [-0.1, -0.05) is 30.3 Å². The number of carbonyl (C=O) groups is 1. The molecule has 0 saturated heterocycles. The number of aryl methyl sites for hydroxylation is 1. The molecule has 1 aromatic heterocycles. The molecule has 0 fully saturated rings. The van der Waals surface area contributed by atoms with Crippen molar-refractivity contribution >= 4 is 17.5 Å². The molecule has 3 nitrogen and oxygen atoms in total. The van der Waals surface area contributed by atoms with Gasteiger partial charge in [-0.2, -0.15) is 0 Å². The Balaban J connectivity index is 2.05. The van der Waals surface area contributed by atoms with Crippen LogP contribution in [0.5, 0.6) is 0 Å². The lowest BCUT2D eigenvalue weighted by molar-refractivity contribution is -0.130. The van der Waals surface area contributed by atoms with Crippen LogP contribution in [0, 0.1) is 6.92 Å². The summed E-state index contributed by atoms with van der Waals surface area (Å²) < 4.78 is 5.22. The molecule has 0 radical (unpaired) electrons. The molecule has 0 spiro atoms. The molecule has 1 unspecified atom stereocenters. The summed E-state index contributed by atoms with van der Waals surface area (Å²) >= 11 is 6.22. The molecule has 0 aliphatic heterocycles. The summed E-state index contributed by atoms with van der Waals surface area (Å²) in [6, 6.07) is 11.2. The minimum atomic E-state index is -0.654. The number of nitrogens with zero attached hydrogens (tertiary/aromatic N) is 1. The number of rotatable bonds is 4. The van der Waals surface area contributed by atoms with Crippen molar-refractivity contribution in [3.63, 3.8) is 0 Å². The van der Waals surface area contributed by atoms with Crippen LogP contribution in [0.4, 0.5) is 0 Å². The third-order valence-corrected chi connectivity index (χ3v) is 3.50. The first kappa shape index (κ1) is 13.7. The van der Waals surface area contributed by atoms with E-state index in [0.29, 0.717) is 6.54 Å². The van der Waals surface area contributed by atoms with E-state index >= 15 is 0 Å². The molecule has 0 saturated carbocycles. The molecule has 1 heterocycles. The van der Waals surface area contributed by atoms with E-state index in [4.69, 9.17) is 16.0 Å². The molecular weight excluding hydrogens is 262 g/mol. The highest BCUT2D eigenvalue weighted by Crippen LogP contribution is 2.23. The van der Waals surface area contributed by atoms with Crippen LogP contribution in [0.15, 0.2) is 47.1 Å². The number of benzene rings is 1. The van der Waals surface area contributed by atoms with Crippen LogP contribution in [-0.2, 0) is 11.3 Å². The third-order valence-electron chi connectivity index (χ3n) is 3.06. The highest BCUT2D eigenvalue weighted by molar-refractivity contribution is 6.30. The van der Waals surface area contributed by atoms with Gasteiger partial charge < -0.3 is 9.32 Å². The average Bonchev–Trinajstić information content (AvgIpc) is 2.83. The van der Waals surface area contributed by atoms with Gasteiger partial charge in [0.15, 0.2) is 0 Å². The first-order chi connectivity index (χ1) is 9.09. The lowest BCUT2D eigenvalue weighted by Crippen LogP contribution is -2.29. The molecule has 1 atom stereocenters.